The maximum atomic E-state index is 13.3. The van der Waals surface area contributed by atoms with Gasteiger partial charge in [0.15, 0.2) is 0 Å². The third-order valence-corrected chi connectivity index (χ3v) is 6.11. The van der Waals surface area contributed by atoms with Gasteiger partial charge in [-0.1, -0.05) is 42.0 Å². The average molecular weight is 440 g/mol. The number of thiazole rings is 1. The zero-order valence-corrected chi connectivity index (χ0v) is 18.4. The monoisotopic (exact) mass is 439 g/mol. The summed E-state index contributed by atoms with van der Waals surface area (Å²) in [5, 5.41) is 2.74. The predicted octanol–water partition coefficient (Wildman–Crippen LogP) is 4.27. The van der Waals surface area contributed by atoms with Gasteiger partial charge in [-0.2, -0.15) is 0 Å². The lowest BCUT2D eigenvalue weighted by Gasteiger charge is -2.26. The van der Waals surface area contributed by atoms with Gasteiger partial charge in [0, 0.05) is 31.6 Å². The lowest BCUT2D eigenvalue weighted by Crippen LogP contribution is -2.40. The molecule has 162 valence electrons. The van der Waals surface area contributed by atoms with Crippen molar-refractivity contribution in [1.82, 2.24) is 14.8 Å². The maximum Gasteiger partial charge on any atom is 0.273 e. The Labute approximate surface area is 186 Å². The number of benzene rings is 2. The molecular formula is C24H26FN3O2S. The molecule has 2 heterocycles. The summed E-state index contributed by atoms with van der Waals surface area (Å²) in [5.41, 5.74) is 3.96. The van der Waals surface area contributed by atoms with E-state index in [0.717, 1.165) is 17.1 Å². The Morgan fingerprint density at radius 1 is 1.03 bits per heavy atom. The Kier molecular flexibility index (Phi) is 7.06. The van der Waals surface area contributed by atoms with Gasteiger partial charge in [0.25, 0.3) is 5.91 Å². The van der Waals surface area contributed by atoms with E-state index in [-0.39, 0.29) is 11.7 Å². The molecule has 7 heteroatoms. The van der Waals surface area contributed by atoms with Gasteiger partial charge >= 0.3 is 0 Å². The van der Waals surface area contributed by atoms with Gasteiger partial charge in [-0.05, 0) is 30.2 Å². The largest absolute Gasteiger partial charge is 0.378 e. The molecule has 0 bridgehead atoms. The fourth-order valence-electron chi connectivity index (χ4n) is 3.57. The number of aryl methyl sites for hydroxylation is 1. The summed E-state index contributed by atoms with van der Waals surface area (Å²) in [6.45, 7) is 6.46. The molecule has 1 saturated heterocycles. The first-order chi connectivity index (χ1) is 15.1. The molecule has 0 atom stereocenters. The number of hydrogen-bond acceptors (Lipinski definition) is 5. The molecule has 1 fully saturated rings. The first-order valence-electron chi connectivity index (χ1n) is 10.4. The van der Waals surface area contributed by atoms with E-state index >= 15 is 0 Å². The summed E-state index contributed by atoms with van der Waals surface area (Å²) in [6, 6.07) is 15.1. The van der Waals surface area contributed by atoms with Crippen molar-refractivity contribution in [3.05, 3.63) is 87.1 Å². The first kappa shape index (κ1) is 21.6. The van der Waals surface area contributed by atoms with Crippen LogP contribution in [0.1, 0.15) is 32.2 Å². The van der Waals surface area contributed by atoms with E-state index in [0.29, 0.717) is 45.1 Å². The van der Waals surface area contributed by atoms with Gasteiger partial charge in [0.05, 0.1) is 19.8 Å². The summed E-state index contributed by atoms with van der Waals surface area (Å²) in [7, 11) is 0. The Morgan fingerprint density at radius 3 is 2.29 bits per heavy atom. The fourth-order valence-corrected chi connectivity index (χ4v) is 4.38. The number of ether oxygens (including phenoxy) is 1. The molecule has 0 radical (unpaired) electrons. The normalized spacial score (nSPS) is 14.2. The molecule has 1 aromatic heterocycles. The van der Waals surface area contributed by atoms with Crippen LogP contribution in [0.25, 0.3) is 0 Å². The Morgan fingerprint density at radius 2 is 1.65 bits per heavy atom. The number of aromatic nitrogens is 1. The maximum absolute atomic E-state index is 13.3. The van der Waals surface area contributed by atoms with Gasteiger partial charge in [-0.25, -0.2) is 9.37 Å². The highest BCUT2D eigenvalue weighted by Crippen LogP contribution is 2.19. The van der Waals surface area contributed by atoms with Crippen molar-refractivity contribution in [2.24, 2.45) is 0 Å². The molecule has 5 nitrogen and oxygen atoms in total. The van der Waals surface area contributed by atoms with Crippen LogP contribution in [0, 0.1) is 12.7 Å². The van der Waals surface area contributed by atoms with Gasteiger partial charge in [-0.15, -0.1) is 11.3 Å². The van der Waals surface area contributed by atoms with E-state index < -0.39 is 0 Å². The molecule has 1 aliphatic heterocycles. The van der Waals surface area contributed by atoms with Gasteiger partial charge < -0.3 is 9.64 Å². The van der Waals surface area contributed by atoms with Crippen LogP contribution in [0.15, 0.2) is 53.9 Å². The first-order valence-corrected chi connectivity index (χ1v) is 11.3. The number of rotatable bonds is 7. The average Bonchev–Trinajstić information content (AvgIpc) is 3.25. The van der Waals surface area contributed by atoms with Crippen LogP contribution in [0.3, 0.4) is 0 Å². The number of morpholine rings is 1. The molecule has 1 amide bonds. The molecule has 0 aliphatic carbocycles. The number of carbonyl (C=O) groups is 1. The Hall–Kier alpha value is -2.61. The molecule has 0 unspecified atom stereocenters. The zero-order valence-electron chi connectivity index (χ0n) is 17.6. The van der Waals surface area contributed by atoms with E-state index in [4.69, 9.17) is 4.74 Å². The minimum atomic E-state index is -0.236. The summed E-state index contributed by atoms with van der Waals surface area (Å²) in [5.74, 6) is -0.269. The summed E-state index contributed by atoms with van der Waals surface area (Å²) in [4.78, 5) is 21.4. The SMILES string of the molecule is Cc1ccc(CN(Cc2ccc(F)cc2)Cc2nc(C(=O)N3CCOCC3)cs2)cc1. The Bertz CT molecular complexity index is 951. The molecule has 3 aromatic rings. The number of amides is 1. The van der Waals surface area contributed by atoms with Crippen LogP contribution >= 0.6 is 11.3 Å². The van der Waals surface area contributed by atoms with Crippen LogP contribution in [0.2, 0.25) is 0 Å². The molecule has 31 heavy (non-hydrogen) atoms. The number of hydrogen-bond donors (Lipinski definition) is 0. The summed E-state index contributed by atoms with van der Waals surface area (Å²) >= 11 is 1.50. The highest BCUT2D eigenvalue weighted by atomic mass is 32.1. The third kappa shape index (κ3) is 5.97. The summed E-state index contributed by atoms with van der Waals surface area (Å²) < 4.78 is 18.7. The fraction of sp³-hybridized carbons (Fsp3) is 0.333. The zero-order chi connectivity index (χ0) is 21.6. The molecular weight excluding hydrogens is 413 g/mol. The van der Waals surface area contributed by atoms with Crippen LogP contribution in [0.5, 0.6) is 0 Å². The van der Waals surface area contributed by atoms with Crippen LogP contribution in [0.4, 0.5) is 4.39 Å². The molecule has 2 aromatic carbocycles. The van der Waals surface area contributed by atoms with Crippen molar-refractivity contribution in [1.29, 1.82) is 0 Å². The predicted molar refractivity (Wildman–Crippen MR) is 119 cm³/mol. The van der Waals surface area contributed by atoms with Crippen molar-refractivity contribution in [2.75, 3.05) is 26.3 Å². The molecule has 0 spiro atoms. The van der Waals surface area contributed by atoms with Crippen molar-refractivity contribution >= 4 is 17.2 Å². The van der Waals surface area contributed by atoms with E-state index in [2.05, 4.69) is 41.1 Å². The number of carbonyl (C=O) groups excluding carboxylic acids is 1. The lowest BCUT2D eigenvalue weighted by atomic mass is 10.1. The third-order valence-electron chi connectivity index (χ3n) is 5.27. The van der Waals surface area contributed by atoms with Crippen molar-refractivity contribution < 1.29 is 13.9 Å². The van der Waals surface area contributed by atoms with E-state index in [9.17, 15) is 9.18 Å². The van der Waals surface area contributed by atoms with Crippen LogP contribution in [-0.4, -0.2) is 47.0 Å². The van der Waals surface area contributed by atoms with Gasteiger partial charge in [-0.3, -0.25) is 9.69 Å². The molecule has 0 saturated carbocycles. The number of halogens is 1. The second-order valence-electron chi connectivity index (χ2n) is 7.79. The topological polar surface area (TPSA) is 45.7 Å². The Balaban J connectivity index is 1.48. The minimum Gasteiger partial charge on any atom is -0.378 e. The van der Waals surface area contributed by atoms with Crippen LogP contribution in [-0.2, 0) is 24.4 Å². The second kappa shape index (κ2) is 10.1. The highest BCUT2D eigenvalue weighted by molar-refractivity contribution is 7.09. The minimum absolute atomic E-state index is 0.0329. The van der Waals surface area contributed by atoms with E-state index in [1.165, 1.54) is 34.6 Å². The standard InChI is InChI=1S/C24H26FN3O2S/c1-18-2-4-19(5-3-18)14-27(15-20-6-8-21(25)9-7-20)16-23-26-22(17-31-23)24(29)28-10-12-30-13-11-28/h2-9,17H,10-16H2,1H3. The second-order valence-corrected chi connectivity index (χ2v) is 8.73. The molecule has 0 N–H and O–H groups in total. The number of nitrogens with zero attached hydrogens (tertiary/aromatic N) is 3. The molecule has 1 aliphatic rings. The van der Waals surface area contributed by atoms with E-state index in [1.54, 1.807) is 4.90 Å². The highest BCUT2D eigenvalue weighted by Gasteiger charge is 2.21. The molecule has 4 rings (SSSR count). The van der Waals surface area contributed by atoms with Gasteiger partial charge in [0.1, 0.15) is 16.5 Å². The smallest absolute Gasteiger partial charge is 0.273 e. The van der Waals surface area contributed by atoms with Crippen molar-refractivity contribution in [3.8, 4) is 0 Å². The van der Waals surface area contributed by atoms with Crippen LogP contribution < -0.4 is 0 Å². The van der Waals surface area contributed by atoms with E-state index in [1.807, 2.05) is 17.5 Å². The van der Waals surface area contributed by atoms with Crippen molar-refractivity contribution in [3.63, 3.8) is 0 Å². The van der Waals surface area contributed by atoms with Crippen molar-refractivity contribution in [2.45, 2.75) is 26.6 Å². The van der Waals surface area contributed by atoms with Gasteiger partial charge in [0.2, 0.25) is 0 Å². The summed E-state index contributed by atoms with van der Waals surface area (Å²) in [6.07, 6.45) is 0. The lowest BCUT2D eigenvalue weighted by molar-refractivity contribution is 0.0299. The quantitative estimate of drug-likeness (QED) is 0.552.